The number of anilines is 1. The number of ketones is 1. The molecule has 0 bridgehead atoms. The fourth-order valence-corrected chi connectivity index (χ4v) is 3.81. The van der Waals surface area contributed by atoms with Gasteiger partial charge in [0.1, 0.15) is 18.1 Å². The lowest BCUT2D eigenvalue weighted by atomic mass is 9.81. The van der Waals surface area contributed by atoms with Gasteiger partial charge in [0.15, 0.2) is 5.78 Å². The highest BCUT2D eigenvalue weighted by Crippen LogP contribution is 2.41. The predicted molar refractivity (Wildman–Crippen MR) is 104 cm³/mol. The molecule has 4 rings (SSSR count). The third-order valence-corrected chi connectivity index (χ3v) is 5.23. The van der Waals surface area contributed by atoms with Crippen LogP contribution in [-0.4, -0.2) is 27.2 Å². The topological polar surface area (TPSA) is 69.0 Å². The molecule has 0 unspecified atom stereocenters. The van der Waals surface area contributed by atoms with E-state index in [2.05, 4.69) is 36.2 Å². The molecule has 2 heterocycles. The minimum atomic E-state index is -0.233. The SMILES string of the molecule is CC(C)CCOc1ccc([C@@H]2C3=C(C[C@@H](C)CC3=O)Nc3ncnn32)cc1. The van der Waals surface area contributed by atoms with Gasteiger partial charge < -0.3 is 10.1 Å². The van der Waals surface area contributed by atoms with Crippen LogP contribution in [0.25, 0.3) is 0 Å². The average Bonchev–Trinajstić information content (AvgIpc) is 3.08. The first kappa shape index (κ1) is 17.8. The van der Waals surface area contributed by atoms with Crippen LogP contribution in [-0.2, 0) is 4.79 Å². The van der Waals surface area contributed by atoms with Crippen LogP contribution in [0.1, 0.15) is 51.6 Å². The zero-order valence-corrected chi connectivity index (χ0v) is 16.1. The molecular formula is C21H26N4O2. The number of benzene rings is 1. The van der Waals surface area contributed by atoms with Crippen molar-refractivity contribution in [1.82, 2.24) is 14.8 Å². The molecule has 0 radical (unpaired) electrons. The Kier molecular flexibility index (Phi) is 4.72. The Balaban J connectivity index is 1.64. The summed E-state index contributed by atoms with van der Waals surface area (Å²) in [5.41, 5.74) is 2.83. The normalized spacial score (nSPS) is 21.7. The smallest absolute Gasteiger partial charge is 0.226 e. The molecular weight excluding hydrogens is 340 g/mol. The number of carbonyl (C=O) groups is 1. The Labute approximate surface area is 159 Å². The number of Topliss-reactive ketones (excluding diaryl/α,β-unsaturated/α-hetero) is 1. The summed E-state index contributed by atoms with van der Waals surface area (Å²) in [5, 5.41) is 7.69. The molecule has 1 aliphatic carbocycles. The molecule has 0 amide bonds. The number of allylic oxidation sites excluding steroid dienone is 2. The van der Waals surface area contributed by atoms with E-state index in [1.54, 1.807) is 4.68 Å². The standard InChI is InChI=1S/C21H26N4O2/c1-13(2)8-9-27-16-6-4-15(5-7-16)20-19-17(10-14(3)11-18(19)26)24-21-22-12-23-25(20)21/h4-7,12-14,20H,8-11H2,1-3H3,(H,22,23,24)/t14-,20-/m1/s1. The second-order valence-corrected chi connectivity index (χ2v) is 7.98. The zero-order chi connectivity index (χ0) is 19.0. The number of hydrogen-bond acceptors (Lipinski definition) is 5. The lowest BCUT2D eigenvalue weighted by Gasteiger charge is -2.34. The van der Waals surface area contributed by atoms with Crippen LogP contribution in [0, 0.1) is 11.8 Å². The molecule has 142 valence electrons. The molecule has 1 aliphatic heterocycles. The average molecular weight is 366 g/mol. The number of nitrogens with zero attached hydrogens (tertiary/aromatic N) is 3. The first-order valence-corrected chi connectivity index (χ1v) is 9.68. The minimum Gasteiger partial charge on any atom is -0.494 e. The fraction of sp³-hybridized carbons (Fsp3) is 0.476. The van der Waals surface area contributed by atoms with E-state index in [9.17, 15) is 4.79 Å². The summed E-state index contributed by atoms with van der Waals surface area (Å²) < 4.78 is 7.64. The van der Waals surface area contributed by atoms with Crippen LogP contribution in [0.5, 0.6) is 5.75 Å². The van der Waals surface area contributed by atoms with Crippen LogP contribution in [0.4, 0.5) is 5.95 Å². The van der Waals surface area contributed by atoms with Gasteiger partial charge in [-0.25, -0.2) is 4.68 Å². The number of rotatable bonds is 5. The Hall–Kier alpha value is -2.63. The van der Waals surface area contributed by atoms with Crippen LogP contribution >= 0.6 is 0 Å². The van der Waals surface area contributed by atoms with Crippen molar-refractivity contribution >= 4 is 11.7 Å². The van der Waals surface area contributed by atoms with Crippen LogP contribution in [0.2, 0.25) is 0 Å². The van der Waals surface area contributed by atoms with Gasteiger partial charge in [-0.3, -0.25) is 4.79 Å². The Morgan fingerprint density at radius 1 is 1.26 bits per heavy atom. The van der Waals surface area contributed by atoms with Gasteiger partial charge in [0.05, 0.1) is 6.61 Å². The van der Waals surface area contributed by atoms with Crippen molar-refractivity contribution < 1.29 is 9.53 Å². The molecule has 6 heteroatoms. The van der Waals surface area contributed by atoms with Gasteiger partial charge in [-0.05, 0) is 42.4 Å². The van der Waals surface area contributed by atoms with Gasteiger partial charge in [-0.1, -0.05) is 32.9 Å². The number of hydrogen-bond donors (Lipinski definition) is 1. The van der Waals surface area contributed by atoms with E-state index in [0.717, 1.165) is 35.4 Å². The van der Waals surface area contributed by atoms with Crippen molar-refractivity contribution in [3.05, 3.63) is 47.4 Å². The molecule has 0 saturated heterocycles. The highest BCUT2D eigenvalue weighted by molar-refractivity contribution is 5.99. The predicted octanol–water partition coefficient (Wildman–Crippen LogP) is 3.97. The summed E-state index contributed by atoms with van der Waals surface area (Å²) in [7, 11) is 0. The van der Waals surface area contributed by atoms with Crippen molar-refractivity contribution in [2.45, 2.75) is 46.1 Å². The van der Waals surface area contributed by atoms with Crippen molar-refractivity contribution in [2.75, 3.05) is 11.9 Å². The van der Waals surface area contributed by atoms with Crippen LogP contribution in [0.3, 0.4) is 0 Å². The molecule has 1 N–H and O–H groups in total. The van der Waals surface area contributed by atoms with E-state index < -0.39 is 0 Å². The lowest BCUT2D eigenvalue weighted by molar-refractivity contribution is -0.117. The molecule has 0 saturated carbocycles. The van der Waals surface area contributed by atoms with Gasteiger partial charge in [-0.2, -0.15) is 10.1 Å². The van der Waals surface area contributed by atoms with E-state index in [4.69, 9.17) is 4.74 Å². The van der Waals surface area contributed by atoms with E-state index in [-0.39, 0.29) is 11.8 Å². The van der Waals surface area contributed by atoms with Crippen molar-refractivity contribution in [2.24, 2.45) is 11.8 Å². The second kappa shape index (κ2) is 7.18. The quantitative estimate of drug-likeness (QED) is 0.867. The molecule has 2 aliphatic rings. The fourth-order valence-electron chi connectivity index (χ4n) is 3.81. The Bertz CT molecular complexity index is 867. The number of fused-ring (bicyclic) bond motifs is 1. The summed E-state index contributed by atoms with van der Waals surface area (Å²) in [6.07, 6.45) is 4.00. The number of aromatic nitrogens is 3. The maximum Gasteiger partial charge on any atom is 0.226 e. The van der Waals surface area contributed by atoms with E-state index in [0.29, 0.717) is 30.8 Å². The van der Waals surface area contributed by atoms with Gasteiger partial charge in [0.25, 0.3) is 0 Å². The second-order valence-electron chi connectivity index (χ2n) is 7.98. The molecule has 6 nitrogen and oxygen atoms in total. The van der Waals surface area contributed by atoms with Crippen molar-refractivity contribution in [1.29, 1.82) is 0 Å². The van der Waals surface area contributed by atoms with E-state index >= 15 is 0 Å². The van der Waals surface area contributed by atoms with Gasteiger partial charge in [0.2, 0.25) is 5.95 Å². The van der Waals surface area contributed by atoms with Crippen LogP contribution < -0.4 is 10.1 Å². The molecule has 1 aromatic heterocycles. The number of ether oxygens (including phenoxy) is 1. The van der Waals surface area contributed by atoms with Crippen molar-refractivity contribution in [3.8, 4) is 5.75 Å². The summed E-state index contributed by atoms with van der Waals surface area (Å²) >= 11 is 0. The summed E-state index contributed by atoms with van der Waals surface area (Å²) in [5.74, 6) is 2.70. The molecule has 1 aromatic carbocycles. The highest BCUT2D eigenvalue weighted by atomic mass is 16.5. The molecule has 2 aromatic rings. The Morgan fingerprint density at radius 2 is 2.04 bits per heavy atom. The number of nitrogens with one attached hydrogen (secondary N) is 1. The van der Waals surface area contributed by atoms with E-state index in [1.165, 1.54) is 6.33 Å². The first-order valence-electron chi connectivity index (χ1n) is 9.68. The van der Waals surface area contributed by atoms with Gasteiger partial charge >= 0.3 is 0 Å². The molecule has 2 atom stereocenters. The first-order chi connectivity index (χ1) is 13.0. The largest absolute Gasteiger partial charge is 0.494 e. The minimum absolute atomic E-state index is 0.194. The maximum atomic E-state index is 12.8. The number of carbonyl (C=O) groups excluding carboxylic acids is 1. The highest BCUT2D eigenvalue weighted by Gasteiger charge is 2.37. The molecule has 27 heavy (non-hydrogen) atoms. The summed E-state index contributed by atoms with van der Waals surface area (Å²) in [4.78, 5) is 17.2. The Morgan fingerprint density at radius 3 is 2.78 bits per heavy atom. The lowest BCUT2D eigenvalue weighted by Crippen LogP contribution is -2.33. The molecule has 0 fully saturated rings. The van der Waals surface area contributed by atoms with E-state index in [1.807, 2.05) is 24.3 Å². The van der Waals surface area contributed by atoms with Crippen molar-refractivity contribution in [3.63, 3.8) is 0 Å². The zero-order valence-electron chi connectivity index (χ0n) is 16.1. The third kappa shape index (κ3) is 3.48. The monoisotopic (exact) mass is 366 g/mol. The maximum absolute atomic E-state index is 12.8. The van der Waals surface area contributed by atoms with Gasteiger partial charge in [0, 0.05) is 17.7 Å². The summed E-state index contributed by atoms with van der Waals surface area (Å²) in [6.45, 7) is 7.20. The van der Waals surface area contributed by atoms with Gasteiger partial charge in [-0.15, -0.1) is 0 Å². The molecule has 0 spiro atoms. The third-order valence-electron chi connectivity index (χ3n) is 5.23. The van der Waals surface area contributed by atoms with Crippen LogP contribution in [0.15, 0.2) is 41.9 Å². The summed E-state index contributed by atoms with van der Waals surface area (Å²) in [6, 6.07) is 7.78.